The van der Waals surface area contributed by atoms with Gasteiger partial charge in [-0.1, -0.05) is 13.8 Å². The smallest absolute Gasteiger partial charge is 0.328 e. The first kappa shape index (κ1) is 19.1. The van der Waals surface area contributed by atoms with Crippen LogP contribution in [-0.4, -0.2) is 35.7 Å². The number of carbonyl (C=O) groups is 2. The van der Waals surface area contributed by atoms with Gasteiger partial charge in [-0.3, -0.25) is 4.79 Å². The third-order valence-corrected chi connectivity index (χ3v) is 3.90. The molecule has 0 aliphatic carbocycles. The average molecular weight is 367 g/mol. The highest BCUT2D eigenvalue weighted by Gasteiger charge is 2.31. The molecule has 1 amide bonds. The van der Waals surface area contributed by atoms with Gasteiger partial charge in [-0.25, -0.2) is 9.18 Å². The molecular weight excluding hydrogens is 345 g/mol. The summed E-state index contributed by atoms with van der Waals surface area (Å²) in [5.41, 5.74) is 0.613. The van der Waals surface area contributed by atoms with Gasteiger partial charge < -0.3 is 20.7 Å². The van der Waals surface area contributed by atoms with Crippen LogP contribution in [0.2, 0.25) is 0 Å². The number of thiocarbonyl (C=S) groups is 1. The Kier molecular flexibility index (Phi) is 6.69. The predicted octanol–water partition coefficient (Wildman–Crippen LogP) is 1.96. The number of cyclic esters (lactones) is 1. The zero-order chi connectivity index (χ0) is 18.4. The van der Waals surface area contributed by atoms with E-state index in [-0.39, 0.29) is 22.8 Å². The van der Waals surface area contributed by atoms with Crippen molar-refractivity contribution in [1.82, 2.24) is 10.6 Å². The fourth-order valence-corrected chi connectivity index (χ4v) is 2.72. The molecule has 25 heavy (non-hydrogen) atoms. The number of ether oxygens (including phenoxy) is 1. The number of anilines is 1. The molecule has 1 heterocycles. The summed E-state index contributed by atoms with van der Waals surface area (Å²) < 4.78 is 17.8. The lowest BCUT2D eigenvalue weighted by molar-refractivity contribution is -0.141. The number of halogens is 1. The van der Waals surface area contributed by atoms with Crippen molar-refractivity contribution >= 4 is 34.9 Å². The molecule has 0 radical (unpaired) electrons. The molecule has 6 nitrogen and oxygen atoms in total. The van der Waals surface area contributed by atoms with Crippen molar-refractivity contribution < 1.29 is 18.7 Å². The van der Waals surface area contributed by atoms with Gasteiger partial charge in [-0.05, 0) is 48.8 Å². The largest absolute Gasteiger partial charge is 0.464 e. The van der Waals surface area contributed by atoms with Crippen LogP contribution >= 0.6 is 12.2 Å². The van der Waals surface area contributed by atoms with Crippen LogP contribution < -0.4 is 16.0 Å². The summed E-state index contributed by atoms with van der Waals surface area (Å²) in [5.74, 6) is -0.818. The Morgan fingerprint density at radius 2 is 2.04 bits per heavy atom. The van der Waals surface area contributed by atoms with Crippen molar-refractivity contribution in [2.24, 2.45) is 5.92 Å². The second kappa shape index (κ2) is 8.75. The van der Waals surface area contributed by atoms with Crippen molar-refractivity contribution in [3.05, 3.63) is 30.1 Å². The molecule has 0 spiro atoms. The maximum absolute atomic E-state index is 12.9. The van der Waals surface area contributed by atoms with Crippen molar-refractivity contribution in [1.29, 1.82) is 0 Å². The third kappa shape index (κ3) is 5.97. The monoisotopic (exact) mass is 367 g/mol. The summed E-state index contributed by atoms with van der Waals surface area (Å²) in [5, 5.41) is 8.82. The molecule has 1 fully saturated rings. The summed E-state index contributed by atoms with van der Waals surface area (Å²) in [4.78, 5) is 24.0. The summed E-state index contributed by atoms with van der Waals surface area (Å²) in [6.45, 7) is 4.29. The lowest BCUT2D eigenvalue weighted by Crippen LogP contribution is -2.52. The Bertz CT molecular complexity index is 637. The minimum atomic E-state index is -0.609. The number of nitrogens with one attached hydrogen (secondary N) is 3. The normalized spacial score (nSPS) is 17.8. The summed E-state index contributed by atoms with van der Waals surface area (Å²) >= 11 is 5.24. The Hall–Kier alpha value is -2.22. The van der Waals surface area contributed by atoms with E-state index < -0.39 is 18.1 Å². The topological polar surface area (TPSA) is 79.5 Å². The Morgan fingerprint density at radius 1 is 1.36 bits per heavy atom. The average Bonchev–Trinajstić information content (AvgIpc) is 2.93. The molecule has 8 heteroatoms. The number of amides is 1. The highest BCUT2D eigenvalue weighted by molar-refractivity contribution is 7.80. The quantitative estimate of drug-likeness (QED) is 0.527. The van der Waals surface area contributed by atoms with Crippen LogP contribution in [0.3, 0.4) is 0 Å². The highest BCUT2D eigenvalue weighted by atomic mass is 32.1. The first-order valence-corrected chi connectivity index (χ1v) is 8.56. The van der Waals surface area contributed by atoms with E-state index >= 15 is 0 Å². The molecule has 1 aromatic carbocycles. The molecule has 1 aliphatic rings. The van der Waals surface area contributed by atoms with Crippen LogP contribution in [0.15, 0.2) is 24.3 Å². The maximum Gasteiger partial charge on any atom is 0.328 e. The van der Waals surface area contributed by atoms with Gasteiger partial charge in [0.1, 0.15) is 17.9 Å². The van der Waals surface area contributed by atoms with E-state index in [0.717, 1.165) is 0 Å². The number of rotatable bonds is 6. The zero-order valence-electron chi connectivity index (χ0n) is 14.2. The molecule has 1 aliphatic heterocycles. The van der Waals surface area contributed by atoms with Crippen molar-refractivity contribution in [2.75, 3.05) is 11.9 Å². The Labute approximate surface area is 151 Å². The fraction of sp³-hybridized carbons (Fsp3) is 0.471. The van der Waals surface area contributed by atoms with Gasteiger partial charge in [0.25, 0.3) is 0 Å². The van der Waals surface area contributed by atoms with Crippen LogP contribution in [0.25, 0.3) is 0 Å². The lowest BCUT2D eigenvalue weighted by Gasteiger charge is -2.23. The number of carbonyl (C=O) groups excluding carboxylic acids is 2. The second-order valence-corrected chi connectivity index (χ2v) is 6.71. The highest BCUT2D eigenvalue weighted by Crippen LogP contribution is 2.11. The molecule has 1 aromatic rings. The maximum atomic E-state index is 12.9. The molecule has 3 N–H and O–H groups in total. The predicted molar refractivity (Wildman–Crippen MR) is 96.5 cm³/mol. The molecule has 2 rings (SSSR count). The Balaban J connectivity index is 1.95. The molecule has 136 valence electrons. The number of benzene rings is 1. The summed E-state index contributed by atoms with van der Waals surface area (Å²) in [6, 6.07) is 4.53. The fourth-order valence-electron chi connectivity index (χ4n) is 2.46. The van der Waals surface area contributed by atoms with E-state index in [1.165, 1.54) is 12.1 Å². The van der Waals surface area contributed by atoms with Gasteiger partial charge in [0, 0.05) is 12.1 Å². The second-order valence-electron chi connectivity index (χ2n) is 6.30. The lowest BCUT2D eigenvalue weighted by atomic mass is 10.0. The van der Waals surface area contributed by atoms with E-state index in [4.69, 9.17) is 17.0 Å². The van der Waals surface area contributed by atoms with Crippen LogP contribution in [0.5, 0.6) is 0 Å². The minimum absolute atomic E-state index is 0.243. The summed E-state index contributed by atoms with van der Waals surface area (Å²) in [7, 11) is 0. The van der Waals surface area contributed by atoms with Gasteiger partial charge in [-0.2, -0.15) is 0 Å². The van der Waals surface area contributed by atoms with Crippen molar-refractivity contribution in [2.45, 2.75) is 38.8 Å². The standard InChI is InChI=1S/C17H22FN3O3S/c1-10(2)9-14(15(22)20-13-7-8-24-16(13)23)21-17(25)19-12-5-3-11(18)4-6-12/h3-6,10,13-14H,7-9H2,1-2H3,(H,20,22)(H2,19,21,25)/t13-,14-/m0/s1. The first-order chi connectivity index (χ1) is 11.8. The van der Waals surface area contributed by atoms with E-state index in [2.05, 4.69) is 16.0 Å². The molecular formula is C17H22FN3O3S. The van der Waals surface area contributed by atoms with Crippen LogP contribution in [0.4, 0.5) is 10.1 Å². The molecule has 0 saturated carbocycles. The molecule has 2 atom stereocenters. The van der Waals surface area contributed by atoms with Crippen molar-refractivity contribution in [3.8, 4) is 0 Å². The summed E-state index contributed by atoms with van der Waals surface area (Å²) in [6.07, 6.45) is 1.01. The van der Waals surface area contributed by atoms with Gasteiger partial charge in [0.15, 0.2) is 5.11 Å². The van der Waals surface area contributed by atoms with E-state index in [1.807, 2.05) is 13.8 Å². The van der Waals surface area contributed by atoms with Gasteiger partial charge in [0.2, 0.25) is 5.91 Å². The van der Waals surface area contributed by atoms with Crippen LogP contribution in [0, 0.1) is 11.7 Å². The van der Waals surface area contributed by atoms with Crippen LogP contribution in [0.1, 0.15) is 26.7 Å². The molecule has 0 unspecified atom stereocenters. The third-order valence-electron chi connectivity index (χ3n) is 3.68. The molecule has 0 bridgehead atoms. The first-order valence-electron chi connectivity index (χ1n) is 8.15. The SMILES string of the molecule is CC(C)C[C@H](NC(=S)Nc1ccc(F)cc1)C(=O)N[C@H]1CCOC1=O. The molecule has 1 saturated heterocycles. The Morgan fingerprint density at radius 3 is 2.60 bits per heavy atom. The molecule has 0 aromatic heterocycles. The van der Waals surface area contributed by atoms with E-state index in [1.54, 1.807) is 12.1 Å². The zero-order valence-corrected chi connectivity index (χ0v) is 15.0. The van der Waals surface area contributed by atoms with Gasteiger partial charge in [-0.15, -0.1) is 0 Å². The number of esters is 1. The van der Waals surface area contributed by atoms with Gasteiger partial charge in [0.05, 0.1) is 6.61 Å². The van der Waals surface area contributed by atoms with E-state index in [9.17, 15) is 14.0 Å². The van der Waals surface area contributed by atoms with Crippen LogP contribution in [-0.2, 0) is 14.3 Å². The number of hydrogen-bond donors (Lipinski definition) is 3. The van der Waals surface area contributed by atoms with Crippen molar-refractivity contribution in [3.63, 3.8) is 0 Å². The minimum Gasteiger partial charge on any atom is -0.464 e. The van der Waals surface area contributed by atoms with Gasteiger partial charge >= 0.3 is 5.97 Å². The number of hydrogen-bond acceptors (Lipinski definition) is 4. The van der Waals surface area contributed by atoms with E-state index in [0.29, 0.717) is 25.1 Å².